The van der Waals surface area contributed by atoms with Gasteiger partial charge in [0, 0.05) is 31.3 Å². The summed E-state index contributed by atoms with van der Waals surface area (Å²) in [6.45, 7) is 6.54. The molecular weight excluding hydrogens is 212 g/mol. The lowest BCUT2D eigenvalue weighted by Crippen LogP contribution is -2.57. The van der Waals surface area contributed by atoms with E-state index in [-0.39, 0.29) is 0 Å². The highest BCUT2D eigenvalue weighted by Crippen LogP contribution is 2.32. The van der Waals surface area contributed by atoms with Gasteiger partial charge in [-0.05, 0) is 44.6 Å². The molecule has 2 aliphatic rings. The monoisotopic (exact) mass is 240 g/mol. The average Bonchev–Trinajstić information content (AvgIpc) is 2.28. The van der Waals surface area contributed by atoms with E-state index in [1.54, 1.807) is 0 Å². The van der Waals surface area contributed by atoms with Crippen LogP contribution in [0.15, 0.2) is 0 Å². The van der Waals surface area contributed by atoms with E-state index in [0.717, 1.165) is 25.0 Å². The van der Waals surface area contributed by atoms with Crippen LogP contribution in [0.2, 0.25) is 0 Å². The van der Waals surface area contributed by atoms with E-state index < -0.39 is 0 Å². The van der Waals surface area contributed by atoms with E-state index in [0.29, 0.717) is 18.1 Å². The standard InChI is InChI=1S/C14H28N2O/c1-10-8-11(2)14(13(15)9-10)16(3)12-4-6-17-7-5-12/h10-14H,4-9,15H2,1-3H3. The normalized spacial score (nSPS) is 40.8. The molecule has 1 aliphatic carbocycles. The molecule has 3 heteroatoms. The smallest absolute Gasteiger partial charge is 0.0480 e. The van der Waals surface area contributed by atoms with E-state index in [9.17, 15) is 0 Å². The summed E-state index contributed by atoms with van der Waals surface area (Å²) in [6.07, 6.45) is 4.85. The zero-order valence-corrected chi connectivity index (χ0v) is 11.6. The maximum absolute atomic E-state index is 6.39. The Morgan fingerprint density at radius 1 is 1.12 bits per heavy atom. The quantitative estimate of drug-likeness (QED) is 0.800. The molecule has 4 atom stereocenters. The fourth-order valence-electron chi connectivity index (χ4n) is 3.94. The Labute approximate surface area is 106 Å². The van der Waals surface area contributed by atoms with Crippen LogP contribution in [-0.2, 0) is 4.74 Å². The summed E-state index contributed by atoms with van der Waals surface area (Å²) in [5.41, 5.74) is 6.39. The van der Waals surface area contributed by atoms with Crippen molar-refractivity contribution in [3.05, 3.63) is 0 Å². The van der Waals surface area contributed by atoms with Gasteiger partial charge in [-0.1, -0.05) is 13.8 Å². The van der Waals surface area contributed by atoms with Crippen LogP contribution < -0.4 is 5.73 Å². The van der Waals surface area contributed by atoms with Crippen molar-refractivity contribution in [3.63, 3.8) is 0 Å². The molecule has 17 heavy (non-hydrogen) atoms. The molecule has 1 saturated carbocycles. The summed E-state index contributed by atoms with van der Waals surface area (Å²) >= 11 is 0. The van der Waals surface area contributed by atoms with E-state index in [1.807, 2.05) is 0 Å². The average molecular weight is 240 g/mol. The Morgan fingerprint density at radius 2 is 1.76 bits per heavy atom. The molecule has 1 aliphatic heterocycles. The molecule has 1 saturated heterocycles. The highest BCUT2D eigenvalue weighted by atomic mass is 16.5. The fourth-order valence-corrected chi connectivity index (χ4v) is 3.94. The Morgan fingerprint density at radius 3 is 2.35 bits per heavy atom. The van der Waals surface area contributed by atoms with Crippen molar-refractivity contribution >= 4 is 0 Å². The lowest BCUT2D eigenvalue weighted by molar-refractivity contribution is -0.000279. The van der Waals surface area contributed by atoms with Crippen LogP contribution in [0, 0.1) is 11.8 Å². The van der Waals surface area contributed by atoms with Crippen molar-refractivity contribution in [3.8, 4) is 0 Å². The van der Waals surface area contributed by atoms with Crippen LogP contribution in [0.25, 0.3) is 0 Å². The third-order valence-corrected chi connectivity index (χ3v) is 4.71. The highest BCUT2D eigenvalue weighted by Gasteiger charge is 2.37. The van der Waals surface area contributed by atoms with Crippen molar-refractivity contribution in [2.75, 3.05) is 20.3 Å². The molecule has 100 valence electrons. The summed E-state index contributed by atoms with van der Waals surface area (Å²) in [5.74, 6) is 1.51. The second-order valence-electron chi connectivity index (χ2n) is 6.22. The molecule has 0 aromatic carbocycles. The molecule has 0 aromatic heterocycles. The van der Waals surface area contributed by atoms with Gasteiger partial charge in [0.1, 0.15) is 0 Å². The first-order valence-corrected chi connectivity index (χ1v) is 7.15. The minimum atomic E-state index is 0.349. The lowest BCUT2D eigenvalue weighted by atomic mass is 9.76. The number of hydrogen-bond acceptors (Lipinski definition) is 3. The summed E-state index contributed by atoms with van der Waals surface area (Å²) in [4.78, 5) is 2.56. The summed E-state index contributed by atoms with van der Waals surface area (Å²) in [6, 6.07) is 1.59. The fraction of sp³-hybridized carbons (Fsp3) is 1.00. The van der Waals surface area contributed by atoms with Gasteiger partial charge in [0.15, 0.2) is 0 Å². The van der Waals surface area contributed by atoms with Crippen LogP contribution in [0.3, 0.4) is 0 Å². The summed E-state index contributed by atoms with van der Waals surface area (Å²) in [7, 11) is 2.27. The summed E-state index contributed by atoms with van der Waals surface area (Å²) < 4.78 is 5.45. The Bertz CT molecular complexity index is 228. The number of hydrogen-bond donors (Lipinski definition) is 1. The molecule has 0 radical (unpaired) electrons. The minimum absolute atomic E-state index is 0.349. The largest absolute Gasteiger partial charge is 0.381 e. The van der Waals surface area contributed by atoms with Crippen molar-refractivity contribution in [2.45, 2.75) is 57.7 Å². The van der Waals surface area contributed by atoms with Gasteiger partial charge in [0.2, 0.25) is 0 Å². The first-order chi connectivity index (χ1) is 8.09. The van der Waals surface area contributed by atoms with Gasteiger partial charge in [-0.3, -0.25) is 4.90 Å². The number of likely N-dealkylation sites (N-methyl/N-ethyl adjacent to an activating group) is 1. The molecule has 4 unspecified atom stereocenters. The van der Waals surface area contributed by atoms with E-state index in [1.165, 1.54) is 25.7 Å². The van der Waals surface area contributed by atoms with Gasteiger partial charge in [0.25, 0.3) is 0 Å². The molecule has 2 rings (SSSR count). The molecule has 0 bridgehead atoms. The molecule has 2 N–H and O–H groups in total. The van der Waals surface area contributed by atoms with Crippen LogP contribution in [0.5, 0.6) is 0 Å². The predicted molar refractivity (Wildman–Crippen MR) is 70.9 cm³/mol. The predicted octanol–water partition coefficient (Wildman–Crippen LogP) is 1.86. The molecular formula is C14H28N2O. The SMILES string of the molecule is CC1CC(C)C(N(C)C2CCOCC2)C(N)C1. The molecule has 2 fully saturated rings. The zero-order chi connectivity index (χ0) is 12.4. The van der Waals surface area contributed by atoms with Gasteiger partial charge >= 0.3 is 0 Å². The van der Waals surface area contributed by atoms with Gasteiger partial charge in [-0.25, -0.2) is 0 Å². The van der Waals surface area contributed by atoms with Crippen LogP contribution in [0.1, 0.15) is 39.5 Å². The first-order valence-electron chi connectivity index (χ1n) is 7.15. The molecule has 0 amide bonds. The van der Waals surface area contributed by atoms with Crippen LogP contribution in [0.4, 0.5) is 0 Å². The second-order valence-corrected chi connectivity index (χ2v) is 6.22. The van der Waals surface area contributed by atoms with Crippen LogP contribution in [-0.4, -0.2) is 43.3 Å². The zero-order valence-electron chi connectivity index (χ0n) is 11.6. The van der Waals surface area contributed by atoms with Crippen molar-refractivity contribution in [1.82, 2.24) is 4.90 Å². The number of ether oxygens (including phenoxy) is 1. The van der Waals surface area contributed by atoms with Gasteiger partial charge < -0.3 is 10.5 Å². The van der Waals surface area contributed by atoms with E-state index >= 15 is 0 Å². The maximum Gasteiger partial charge on any atom is 0.0480 e. The lowest BCUT2D eigenvalue weighted by Gasteiger charge is -2.46. The van der Waals surface area contributed by atoms with Gasteiger partial charge in [-0.15, -0.1) is 0 Å². The van der Waals surface area contributed by atoms with E-state index in [4.69, 9.17) is 10.5 Å². The van der Waals surface area contributed by atoms with Gasteiger partial charge in [0.05, 0.1) is 0 Å². The number of rotatable bonds is 2. The second kappa shape index (κ2) is 5.68. The molecule has 0 spiro atoms. The maximum atomic E-state index is 6.39. The third kappa shape index (κ3) is 3.01. The first kappa shape index (κ1) is 13.3. The Balaban J connectivity index is 1.98. The molecule has 1 heterocycles. The van der Waals surface area contributed by atoms with Crippen molar-refractivity contribution in [1.29, 1.82) is 0 Å². The highest BCUT2D eigenvalue weighted by molar-refractivity contribution is 4.93. The number of nitrogens with zero attached hydrogens (tertiary/aromatic N) is 1. The Kier molecular flexibility index (Phi) is 4.45. The molecule has 3 nitrogen and oxygen atoms in total. The van der Waals surface area contributed by atoms with Crippen molar-refractivity contribution < 1.29 is 4.74 Å². The molecule has 0 aromatic rings. The summed E-state index contributed by atoms with van der Waals surface area (Å²) in [5, 5.41) is 0. The van der Waals surface area contributed by atoms with Gasteiger partial charge in [-0.2, -0.15) is 0 Å². The Hall–Kier alpha value is -0.120. The number of nitrogens with two attached hydrogens (primary N) is 1. The van der Waals surface area contributed by atoms with E-state index in [2.05, 4.69) is 25.8 Å². The van der Waals surface area contributed by atoms with Crippen molar-refractivity contribution in [2.24, 2.45) is 17.6 Å². The third-order valence-electron chi connectivity index (χ3n) is 4.71. The minimum Gasteiger partial charge on any atom is -0.381 e. The topological polar surface area (TPSA) is 38.5 Å². The van der Waals surface area contributed by atoms with Crippen LogP contribution >= 0.6 is 0 Å².